The maximum atomic E-state index is 11.6. The summed E-state index contributed by atoms with van der Waals surface area (Å²) in [6.07, 6.45) is 2.05. The molecule has 3 atom stereocenters. The van der Waals surface area contributed by atoms with Crippen LogP contribution in [0, 0.1) is 11.8 Å². The third kappa shape index (κ3) is 11.5. The number of carbonyl (C=O) groups is 2. The van der Waals surface area contributed by atoms with Crippen LogP contribution in [-0.4, -0.2) is 30.4 Å². The summed E-state index contributed by atoms with van der Waals surface area (Å²) in [5, 5.41) is -0.306. The van der Waals surface area contributed by atoms with Crippen LogP contribution >= 0.6 is 25.3 Å². The molecule has 1 aromatic rings. The van der Waals surface area contributed by atoms with Gasteiger partial charge in [-0.15, -0.1) is 12.6 Å². The van der Waals surface area contributed by atoms with Crippen molar-refractivity contribution in [2.45, 2.75) is 57.6 Å². The molecule has 3 unspecified atom stereocenters. The Morgan fingerprint density at radius 3 is 2.00 bits per heavy atom. The highest BCUT2D eigenvalue weighted by atomic mass is 32.1. The van der Waals surface area contributed by atoms with Gasteiger partial charge in [0.2, 0.25) is 0 Å². The Labute approximate surface area is 168 Å². The topological polar surface area (TPSA) is 52.6 Å². The number of benzene rings is 1. The highest BCUT2D eigenvalue weighted by molar-refractivity contribution is 7.81. The van der Waals surface area contributed by atoms with Gasteiger partial charge in [-0.25, -0.2) is 4.79 Å². The first kappa shape index (κ1) is 24.9. The summed E-state index contributed by atoms with van der Waals surface area (Å²) >= 11 is 8.12. The molecule has 0 aliphatic heterocycles. The van der Waals surface area contributed by atoms with Gasteiger partial charge in [-0.05, 0) is 37.0 Å². The largest absolute Gasteiger partial charge is 0.465 e. The van der Waals surface area contributed by atoms with Crippen molar-refractivity contribution in [3.05, 3.63) is 29.8 Å². The zero-order chi connectivity index (χ0) is 20.1. The average molecular weight is 401 g/mol. The molecule has 0 aliphatic carbocycles. The van der Waals surface area contributed by atoms with Crippen molar-refractivity contribution < 1.29 is 19.1 Å². The van der Waals surface area contributed by atoms with Crippen LogP contribution in [0.3, 0.4) is 0 Å². The zero-order valence-electron chi connectivity index (χ0n) is 16.4. The van der Waals surface area contributed by atoms with Gasteiger partial charge in [0.25, 0.3) is 0 Å². The second-order valence-corrected chi connectivity index (χ2v) is 7.77. The lowest BCUT2D eigenvalue weighted by atomic mass is 10.1. The maximum Gasteiger partial charge on any atom is 0.338 e. The van der Waals surface area contributed by atoms with Gasteiger partial charge in [0.05, 0.1) is 24.0 Å². The van der Waals surface area contributed by atoms with E-state index in [2.05, 4.69) is 53.0 Å². The molecule has 0 bridgehead atoms. The standard InChI is InChI=1S/C12H16O2S.C8H16O2S/c1-3-9(2)8-14-12(13)10-5-4-6-11(15)7-10;1-4-6(2)5-10-8(9)7(3)11/h4-7,9,15H,3,8H2,1-2H3;6-7,11H,4-5H2,1-3H3. The predicted octanol–water partition coefficient (Wildman–Crippen LogP) is 5.07. The Bertz CT molecular complexity index is 546. The minimum absolute atomic E-state index is 0.228. The minimum atomic E-state index is -0.306. The van der Waals surface area contributed by atoms with Gasteiger partial charge in [0.1, 0.15) is 0 Å². The Balaban J connectivity index is 0.000000508. The predicted molar refractivity (Wildman–Crippen MR) is 112 cm³/mol. The first-order chi connectivity index (χ1) is 12.2. The number of esters is 2. The number of thiol groups is 2. The van der Waals surface area contributed by atoms with Gasteiger partial charge in [-0.1, -0.05) is 46.6 Å². The maximum absolute atomic E-state index is 11.6. The molecule has 0 N–H and O–H groups in total. The molecule has 0 heterocycles. The fourth-order valence-corrected chi connectivity index (χ4v) is 1.81. The molecule has 0 saturated heterocycles. The first-order valence-electron chi connectivity index (χ1n) is 9.01. The number of carbonyl (C=O) groups excluding carboxylic acids is 2. The van der Waals surface area contributed by atoms with E-state index in [4.69, 9.17) is 9.47 Å². The van der Waals surface area contributed by atoms with Crippen molar-refractivity contribution in [1.29, 1.82) is 0 Å². The zero-order valence-corrected chi connectivity index (χ0v) is 18.2. The minimum Gasteiger partial charge on any atom is -0.465 e. The molecule has 1 aromatic carbocycles. The van der Waals surface area contributed by atoms with Crippen LogP contribution in [-0.2, 0) is 14.3 Å². The van der Waals surface area contributed by atoms with E-state index in [0.29, 0.717) is 30.6 Å². The Kier molecular flexibility index (Phi) is 13.4. The third-order valence-corrected chi connectivity index (χ3v) is 4.31. The number of ether oxygens (including phenoxy) is 2. The molecule has 0 amide bonds. The molecular weight excluding hydrogens is 368 g/mol. The number of rotatable bonds is 8. The second kappa shape index (κ2) is 14.0. The average Bonchev–Trinajstić information content (AvgIpc) is 2.63. The molecule has 0 saturated carbocycles. The van der Waals surface area contributed by atoms with E-state index in [-0.39, 0.29) is 17.2 Å². The summed E-state index contributed by atoms with van der Waals surface area (Å²) in [7, 11) is 0. The van der Waals surface area contributed by atoms with Gasteiger partial charge in [0, 0.05) is 4.90 Å². The molecular formula is C20H32O4S2. The quantitative estimate of drug-likeness (QED) is 0.472. The number of hydrogen-bond donors (Lipinski definition) is 2. The molecule has 0 radical (unpaired) electrons. The lowest BCUT2D eigenvalue weighted by molar-refractivity contribution is -0.143. The van der Waals surface area contributed by atoms with Crippen molar-refractivity contribution in [3.63, 3.8) is 0 Å². The monoisotopic (exact) mass is 400 g/mol. The van der Waals surface area contributed by atoms with Crippen LogP contribution in [0.15, 0.2) is 29.2 Å². The third-order valence-electron chi connectivity index (χ3n) is 3.83. The Morgan fingerprint density at radius 1 is 1.00 bits per heavy atom. The fraction of sp³-hybridized carbons (Fsp3) is 0.600. The van der Waals surface area contributed by atoms with Crippen LogP contribution in [0.4, 0.5) is 0 Å². The summed E-state index contributed by atoms with van der Waals surface area (Å²) in [5.74, 6) is 0.360. The van der Waals surface area contributed by atoms with E-state index < -0.39 is 0 Å². The van der Waals surface area contributed by atoms with Gasteiger partial charge < -0.3 is 9.47 Å². The normalized spacial score (nSPS) is 13.7. The van der Waals surface area contributed by atoms with Crippen LogP contribution < -0.4 is 0 Å². The molecule has 0 aliphatic rings. The summed E-state index contributed by atoms with van der Waals surface area (Å²) < 4.78 is 10.1. The van der Waals surface area contributed by atoms with E-state index in [1.54, 1.807) is 25.1 Å². The van der Waals surface area contributed by atoms with Crippen LogP contribution in [0.5, 0.6) is 0 Å². The molecule has 4 nitrogen and oxygen atoms in total. The van der Waals surface area contributed by atoms with E-state index in [1.165, 1.54) is 0 Å². The van der Waals surface area contributed by atoms with Crippen LogP contribution in [0.25, 0.3) is 0 Å². The SMILES string of the molecule is CCC(C)COC(=O)C(C)S.CCC(C)COC(=O)c1cccc(S)c1. The molecule has 0 aromatic heterocycles. The molecule has 0 spiro atoms. The van der Waals surface area contributed by atoms with Crippen LogP contribution in [0.2, 0.25) is 0 Å². The van der Waals surface area contributed by atoms with Crippen LogP contribution in [0.1, 0.15) is 57.8 Å². The lowest BCUT2D eigenvalue weighted by Gasteiger charge is -2.10. The molecule has 26 heavy (non-hydrogen) atoms. The van der Waals surface area contributed by atoms with Crippen molar-refractivity contribution in [2.24, 2.45) is 11.8 Å². The van der Waals surface area contributed by atoms with Gasteiger partial charge in [-0.2, -0.15) is 12.6 Å². The molecule has 6 heteroatoms. The van der Waals surface area contributed by atoms with E-state index in [9.17, 15) is 9.59 Å². The van der Waals surface area contributed by atoms with Crippen molar-refractivity contribution >= 4 is 37.2 Å². The summed E-state index contributed by atoms with van der Waals surface area (Å²) in [5.41, 5.74) is 0.561. The van der Waals surface area contributed by atoms with Crippen molar-refractivity contribution in [1.82, 2.24) is 0 Å². The lowest BCUT2D eigenvalue weighted by Crippen LogP contribution is -2.18. The fourth-order valence-electron chi connectivity index (χ4n) is 1.51. The summed E-state index contributed by atoms with van der Waals surface area (Å²) in [6.45, 7) is 11.0. The summed E-state index contributed by atoms with van der Waals surface area (Å²) in [4.78, 5) is 23.2. The molecule has 148 valence electrons. The first-order valence-corrected chi connectivity index (χ1v) is 9.98. The Morgan fingerprint density at radius 2 is 1.54 bits per heavy atom. The Hall–Kier alpha value is -1.14. The molecule has 0 fully saturated rings. The van der Waals surface area contributed by atoms with Crippen molar-refractivity contribution in [3.8, 4) is 0 Å². The summed E-state index contributed by atoms with van der Waals surface area (Å²) in [6, 6.07) is 7.07. The molecule has 1 rings (SSSR count). The second-order valence-electron chi connectivity index (χ2n) is 6.48. The van der Waals surface area contributed by atoms with Crippen molar-refractivity contribution in [2.75, 3.05) is 13.2 Å². The number of hydrogen-bond acceptors (Lipinski definition) is 6. The highest BCUT2D eigenvalue weighted by Crippen LogP contribution is 2.11. The smallest absolute Gasteiger partial charge is 0.338 e. The van der Waals surface area contributed by atoms with Gasteiger partial charge >= 0.3 is 11.9 Å². The van der Waals surface area contributed by atoms with E-state index >= 15 is 0 Å². The van der Waals surface area contributed by atoms with Gasteiger partial charge in [-0.3, -0.25) is 4.79 Å². The highest BCUT2D eigenvalue weighted by Gasteiger charge is 2.10. The van der Waals surface area contributed by atoms with E-state index in [0.717, 1.165) is 17.7 Å². The van der Waals surface area contributed by atoms with E-state index in [1.807, 2.05) is 6.07 Å². The van der Waals surface area contributed by atoms with Gasteiger partial charge in [0.15, 0.2) is 0 Å².